The molecule has 0 unspecified atom stereocenters. The van der Waals surface area contributed by atoms with Crippen molar-refractivity contribution in [3.8, 4) is 0 Å². The number of nitrogens with zero attached hydrogens (tertiary/aromatic N) is 1. The van der Waals surface area contributed by atoms with Crippen molar-refractivity contribution in [1.29, 1.82) is 0 Å². The third-order valence-corrected chi connectivity index (χ3v) is 4.79. The smallest absolute Gasteiger partial charge is 0.258 e. The summed E-state index contributed by atoms with van der Waals surface area (Å²) in [4.78, 5) is 10.8. The van der Waals surface area contributed by atoms with Crippen LogP contribution < -0.4 is 0 Å². The number of nitro groups is 1. The molecule has 0 saturated carbocycles. The topological polar surface area (TPSA) is 43.1 Å². The molecule has 2 aromatic carbocycles. The molecule has 118 valence electrons. The third kappa shape index (κ3) is 2.48. The van der Waals surface area contributed by atoms with Gasteiger partial charge >= 0.3 is 0 Å². The highest BCUT2D eigenvalue weighted by Crippen LogP contribution is 2.49. The first-order chi connectivity index (χ1) is 11.7. The number of rotatable bonds is 3. The lowest BCUT2D eigenvalue weighted by Gasteiger charge is -2.15. The van der Waals surface area contributed by atoms with E-state index in [1.165, 1.54) is 16.7 Å². The monoisotopic (exact) mass is 315 g/mol. The van der Waals surface area contributed by atoms with Gasteiger partial charge in [-0.2, -0.15) is 0 Å². The predicted octanol–water partition coefficient (Wildman–Crippen LogP) is 5.27. The van der Waals surface area contributed by atoms with Crippen LogP contribution >= 0.6 is 0 Å². The Morgan fingerprint density at radius 1 is 0.833 bits per heavy atom. The molecule has 0 aromatic heterocycles. The maximum Gasteiger partial charge on any atom is 0.270 e. The van der Waals surface area contributed by atoms with E-state index in [0.29, 0.717) is 11.8 Å². The van der Waals surface area contributed by atoms with Crippen molar-refractivity contribution in [3.05, 3.63) is 100 Å². The molecular weight excluding hydrogens is 298 g/mol. The van der Waals surface area contributed by atoms with Gasteiger partial charge in [0.05, 0.1) is 4.92 Å². The standard InChI is InChI=1S/C21H17NO2/c23-22(24)19-12-6-11-18(14-19)21-17-10-5-4-9-16(13-17)20(21)15-7-2-1-3-8-15/h1-12,14,16-17H,13H2/t16-,17+/m1/s1. The number of allylic oxidation sites excluding steroid dienone is 6. The summed E-state index contributed by atoms with van der Waals surface area (Å²) in [6.07, 6.45) is 9.67. The van der Waals surface area contributed by atoms with E-state index in [9.17, 15) is 10.1 Å². The zero-order valence-electron chi connectivity index (χ0n) is 13.1. The fourth-order valence-electron chi connectivity index (χ4n) is 3.80. The quantitative estimate of drug-likeness (QED) is 0.572. The number of non-ortho nitro benzene ring substituents is 1. The second-order valence-corrected chi connectivity index (χ2v) is 6.22. The van der Waals surface area contributed by atoms with E-state index in [-0.39, 0.29) is 10.6 Å². The fourth-order valence-corrected chi connectivity index (χ4v) is 3.80. The molecule has 3 heteroatoms. The Morgan fingerprint density at radius 3 is 2.12 bits per heavy atom. The van der Waals surface area contributed by atoms with Crippen molar-refractivity contribution in [2.24, 2.45) is 11.8 Å². The fraction of sp³-hybridized carbons (Fsp3) is 0.143. The summed E-state index contributed by atoms with van der Waals surface area (Å²) in [7, 11) is 0. The minimum absolute atomic E-state index is 0.145. The average molecular weight is 315 g/mol. The molecule has 2 aromatic rings. The Balaban J connectivity index is 1.94. The molecular formula is C21H17NO2. The molecule has 0 aliphatic heterocycles. The van der Waals surface area contributed by atoms with Crippen molar-refractivity contribution < 1.29 is 4.92 Å². The van der Waals surface area contributed by atoms with Crippen LogP contribution in [0.4, 0.5) is 5.69 Å². The van der Waals surface area contributed by atoms with Crippen LogP contribution in [0.3, 0.4) is 0 Å². The lowest BCUT2D eigenvalue weighted by Crippen LogP contribution is -1.97. The number of fused-ring (bicyclic) bond motifs is 2. The zero-order valence-corrected chi connectivity index (χ0v) is 13.1. The Morgan fingerprint density at radius 2 is 1.46 bits per heavy atom. The first kappa shape index (κ1) is 14.6. The third-order valence-electron chi connectivity index (χ3n) is 4.79. The lowest BCUT2D eigenvalue weighted by molar-refractivity contribution is -0.384. The second-order valence-electron chi connectivity index (χ2n) is 6.22. The van der Waals surface area contributed by atoms with Crippen LogP contribution in [-0.2, 0) is 0 Å². The van der Waals surface area contributed by atoms with Crippen molar-refractivity contribution in [2.75, 3.05) is 0 Å². The largest absolute Gasteiger partial charge is 0.270 e. The highest BCUT2D eigenvalue weighted by molar-refractivity contribution is 5.97. The van der Waals surface area contributed by atoms with Gasteiger partial charge in [0.25, 0.3) is 5.69 Å². The molecule has 24 heavy (non-hydrogen) atoms. The number of nitro benzene ring substituents is 1. The Bertz CT molecular complexity index is 878. The summed E-state index contributed by atoms with van der Waals surface area (Å²) in [5.74, 6) is 0.642. The van der Waals surface area contributed by atoms with Gasteiger partial charge in [-0.15, -0.1) is 0 Å². The molecule has 4 rings (SSSR count). The summed E-state index contributed by atoms with van der Waals surface area (Å²) < 4.78 is 0. The van der Waals surface area contributed by atoms with Crippen LogP contribution in [0.5, 0.6) is 0 Å². The van der Waals surface area contributed by atoms with Crippen LogP contribution in [0, 0.1) is 22.0 Å². The van der Waals surface area contributed by atoms with Gasteiger partial charge in [0, 0.05) is 24.0 Å². The van der Waals surface area contributed by atoms with Crippen LogP contribution in [0.2, 0.25) is 0 Å². The molecule has 2 bridgehead atoms. The molecule has 0 amide bonds. The van der Waals surface area contributed by atoms with Gasteiger partial charge in [-0.05, 0) is 28.7 Å². The molecule has 2 atom stereocenters. The molecule has 2 aliphatic rings. The Labute approximate surface area is 140 Å². The molecule has 3 nitrogen and oxygen atoms in total. The average Bonchev–Trinajstić information content (AvgIpc) is 2.79. The van der Waals surface area contributed by atoms with Crippen LogP contribution in [-0.4, -0.2) is 4.92 Å². The van der Waals surface area contributed by atoms with Gasteiger partial charge in [0.2, 0.25) is 0 Å². The molecule has 0 spiro atoms. The van der Waals surface area contributed by atoms with Crippen molar-refractivity contribution in [3.63, 3.8) is 0 Å². The van der Waals surface area contributed by atoms with Crippen molar-refractivity contribution in [2.45, 2.75) is 6.42 Å². The van der Waals surface area contributed by atoms with E-state index in [4.69, 9.17) is 0 Å². The van der Waals surface area contributed by atoms with E-state index >= 15 is 0 Å². The highest BCUT2D eigenvalue weighted by Gasteiger charge is 2.33. The Kier molecular flexibility index (Phi) is 3.62. The first-order valence-electron chi connectivity index (χ1n) is 8.13. The van der Waals surface area contributed by atoms with Crippen LogP contribution in [0.25, 0.3) is 11.1 Å². The number of hydrogen-bond acceptors (Lipinski definition) is 2. The lowest BCUT2D eigenvalue weighted by atomic mass is 9.89. The first-order valence-corrected chi connectivity index (χ1v) is 8.13. The van der Waals surface area contributed by atoms with Crippen LogP contribution in [0.1, 0.15) is 17.5 Å². The highest BCUT2D eigenvalue weighted by atomic mass is 16.6. The van der Waals surface area contributed by atoms with Gasteiger partial charge in [0.1, 0.15) is 0 Å². The Hall–Kier alpha value is -2.94. The molecule has 0 saturated heterocycles. The minimum atomic E-state index is -0.324. The van der Waals surface area contributed by atoms with E-state index in [0.717, 1.165) is 12.0 Å². The van der Waals surface area contributed by atoms with Gasteiger partial charge in [-0.1, -0.05) is 66.8 Å². The predicted molar refractivity (Wildman–Crippen MR) is 96.2 cm³/mol. The van der Waals surface area contributed by atoms with E-state index in [1.807, 2.05) is 24.3 Å². The van der Waals surface area contributed by atoms with Gasteiger partial charge in [-0.25, -0.2) is 0 Å². The van der Waals surface area contributed by atoms with Crippen molar-refractivity contribution >= 4 is 16.8 Å². The molecule has 2 aliphatic carbocycles. The SMILES string of the molecule is O=[N+]([O-])c1cccc(C2=C(c3ccccc3)[C@@H]3C=CC=C[C@H]2C3)c1. The molecule has 0 N–H and O–H groups in total. The van der Waals surface area contributed by atoms with E-state index in [2.05, 4.69) is 36.4 Å². The van der Waals surface area contributed by atoms with Crippen molar-refractivity contribution in [1.82, 2.24) is 0 Å². The normalized spacial score (nSPS) is 21.8. The molecule has 0 heterocycles. The maximum absolute atomic E-state index is 11.2. The van der Waals surface area contributed by atoms with Gasteiger partial charge in [0.15, 0.2) is 0 Å². The zero-order chi connectivity index (χ0) is 16.5. The summed E-state index contributed by atoms with van der Waals surface area (Å²) in [6.45, 7) is 0. The number of hydrogen-bond donors (Lipinski definition) is 0. The van der Waals surface area contributed by atoms with Gasteiger partial charge in [-0.3, -0.25) is 10.1 Å². The summed E-state index contributed by atoms with van der Waals surface area (Å²) in [5.41, 5.74) is 4.81. The van der Waals surface area contributed by atoms with E-state index in [1.54, 1.807) is 18.2 Å². The molecule has 0 radical (unpaired) electrons. The summed E-state index contributed by atoms with van der Waals surface area (Å²) in [5, 5.41) is 11.2. The number of benzene rings is 2. The van der Waals surface area contributed by atoms with E-state index < -0.39 is 0 Å². The maximum atomic E-state index is 11.2. The summed E-state index contributed by atoms with van der Waals surface area (Å²) >= 11 is 0. The molecule has 0 fully saturated rings. The second kappa shape index (κ2) is 5.93. The minimum Gasteiger partial charge on any atom is -0.258 e. The van der Waals surface area contributed by atoms with Crippen LogP contribution in [0.15, 0.2) is 78.9 Å². The van der Waals surface area contributed by atoms with Gasteiger partial charge < -0.3 is 0 Å². The summed E-state index contributed by atoms with van der Waals surface area (Å²) in [6, 6.07) is 17.4.